The molecule has 2 atom stereocenters. The third kappa shape index (κ3) is 4.75. The number of rotatable bonds is 3. The number of carbonyl (C=O) groups is 1. The van der Waals surface area contributed by atoms with Crippen molar-refractivity contribution >= 4 is 29.3 Å². The van der Waals surface area contributed by atoms with Crippen LogP contribution in [0.5, 0.6) is 0 Å². The number of likely N-dealkylation sites (tertiary alicyclic amines) is 1. The number of carbonyl (C=O) groups excluding carboxylic acids is 1. The van der Waals surface area contributed by atoms with Crippen LogP contribution in [-0.2, 0) is 4.74 Å². The summed E-state index contributed by atoms with van der Waals surface area (Å²) in [4.78, 5) is 14.0. The maximum Gasteiger partial charge on any atom is 0.410 e. The van der Waals surface area contributed by atoms with E-state index in [0.29, 0.717) is 29.1 Å². The first-order valence-electron chi connectivity index (χ1n) is 7.81. The minimum absolute atomic E-state index is 0.122. The number of hydrogen-bond acceptors (Lipinski definition) is 3. The average molecular weight is 359 g/mol. The van der Waals surface area contributed by atoms with Gasteiger partial charge in [-0.25, -0.2) is 4.79 Å². The number of benzene rings is 1. The molecule has 1 aromatic carbocycles. The van der Waals surface area contributed by atoms with Crippen molar-refractivity contribution < 1.29 is 9.53 Å². The van der Waals surface area contributed by atoms with Gasteiger partial charge in [-0.2, -0.15) is 0 Å². The fraction of sp³-hybridized carbons (Fsp3) is 0.588. The monoisotopic (exact) mass is 358 g/mol. The van der Waals surface area contributed by atoms with E-state index >= 15 is 0 Å². The maximum atomic E-state index is 12.2. The van der Waals surface area contributed by atoms with E-state index in [-0.39, 0.29) is 12.1 Å². The van der Waals surface area contributed by atoms with Gasteiger partial charge in [0.05, 0.1) is 10.0 Å². The second-order valence-corrected chi connectivity index (χ2v) is 7.73. The third-order valence-electron chi connectivity index (χ3n) is 3.96. The highest BCUT2D eigenvalue weighted by Gasteiger charge is 2.34. The van der Waals surface area contributed by atoms with Gasteiger partial charge in [0.1, 0.15) is 5.60 Å². The molecule has 1 amide bonds. The molecule has 2 rings (SSSR count). The molecule has 1 fully saturated rings. The molecule has 1 aliphatic rings. The Kier molecular flexibility index (Phi) is 5.82. The molecule has 2 unspecified atom stereocenters. The van der Waals surface area contributed by atoms with Crippen LogP contribution in [-0.4, -0.2) is 36.7 Å². The molecule has 0 saturated carbocycles. The van der Waals surface area contributed by atoms with Crippen molar-refractivity contribution in [1.29, 1.82) is 0 Å². The molecule has 0 spiro atoms. The van der Waals surface area contributed by atoms with Crippen molar-refractivity contribution in [3.63, 3.8) is 0 Å². The van der Waals surface area contributed by atoms with Gasteiger partial charge in [0.2, 0.25) is 0 Å². The van der Waals surface area contributed by atoms with Gasteiger partial charge >= 0.3 is 6.09 Å². The Labute approximate surface area is 148 Å². The van der Waals surface area contributed by atoms with Crippen LogP contribution in [0.4, 0.5) is 4.79 Å². The zero-order chi connectivity index (χ0) is 17.2. The molecule has 0 aromatic heterocycles. The van der Waals surface area contributed by atoms with Gasteiger partial charge in [-0.3, -0.25) is 0 Å². The molecule has 1 aliphatic heterocycles. The van der Waals surface area contributed by atoms with Crippen LogP contribution in [0, 0.1) is 5.92 Å². The minimum atomic E-state index is -0.471. The van der Waals surface area contributed by atoms with Gasteiger partial charge in [0.15, 0.2) is 0 Å². The standard InChI is InChI=1S/C17H24Cl2N2O2/c1-17(2,3)23-16(22)21-8-7-12(10-21)15(20-4)11-5-6-13(18)14(19)9-11/h5-6,9,12,15,20H,7-8,10H2,1-4H3. The lowest BCUT2D eigenvalue weighted by Gasteiger charge is -2.26. The molecule has 128 valence electrons. The predicted octanol–water partition coefficient (Wildman–Crippen LogP) is 4.51. The number of amides is 1. The summed E-state index contributed by atoms with van der Waals surface area (Å²) in [7, 11) is 1.92. The summed E-state index contributed by atoms with van der Waals surface area (Å²) in [6.07, 6.45) is 0.675. The molecule has 0 radical (unpaired) electrons. The second-order valence-electron chi connectivity index (χ2n) is 6.92. The molecule has 4 nitrogen and oxygen atoms in total. The van der Waals surface area contributed by atoms with Crippen LogP contribution < -0.4 is 5.32 Å². The Bertz CT molecular complexity index is 572. The quantitative estimate of drug-likeness (QED) is 0.863. The first-order valence-corrected chi connectivity index (χ1v) is 8.57. The van der Waals surface area contributed by atoms with Crippen molar-refractivity contribution in [2.24, 2.45) is 5.92 Å². The molecule has 0 aliphatic carbocycles. The minimum Gasteiger partial charge on any atom is -0.444 e. The van der Waals surface area contributed by atoms with Crippen molar-refractivity contribution in [3.05, 3.63) is 33.8 Å². The number of hydrogen-bond donors (Lipinski definition) is 1. The first-order chi connectivity index (χ1) is 10.7. The van der Waals surface area contributed by atoms with Crippen LogP contribution in [0.3, 0.4) is 0 Å². The predicted molar refractivity (Wildman–Crippen MR) is 94.2 cm³/mol. The lowest BCUT2D eigenvalue weighted by Crippen LogP contribution is -2.36. The van der Waals surface area contributed by atoms with Gasteiger partial charge in [0.25, 0.3) is 0 Å². The van der Waals surface area contributed by atoms with Gasteiger partial charge < -0.3 is 15.0 Å². The lowest BCUT2D eigenvalue weighted by atomic mass is 9.92. The lowest BCUT2D eigenvalue weighted by molar-refractivity contribution is 0.0285. The van der Waals surface area contributed by atoms with Crippen LogP contribution >= 0.6 is 23.2 Å². The molecular formula is C17H24Cl2N2O2. The van der Waals surface area contributed by atoms with Crippen molar-refractivity contribution in [2.75, 3.05) is 20.1 Å². The van der Waals surface area contributed by atoms with E-state index in [9.17, 15) is 4.79 Å². The first kappa shape index (κ1) is 18.4. The molecular weight excluding hydrogens is 335 g/mol. The van der Waals surface area contributed by atoms with Gasteiger partial charge in [-0.1, -0.05) is 29.3 Å². The number of nitrogens with one attached hydrogen (secondary N) is 1. The average Bonchev–Trinajstić information content (AvgIpc) is 2.91. The SMILES string of the molecule is CNC(c1ccc(Cl)c(Cl)c1)C1CCN(C(=O)OC(C)(C)C)C1. The summed E-state index contributed by atoms with van der Waals surface area (Å²) in [5.74, 6) is 0.310. The van der Waals surface area contributed by atoms with Crippen LogP contribution in [0.2, 0.25) is 10.0 Å². The third-order valence-corrected chi connectivity index (χ3v) is 4.70. The molecule has 1 heterocycles. The van der Waals surface area contributed by atoms with Crippen LogP contribution in [0.1, 0.15) is 38.8 Å². The summed E-state index contributed by atoms with van der Waals surface area (Å²) in [6, 6.07) is 5.80. The summed E-state index contributed by atoms with van der Waals surface area (Å²) < 4.78 is 5.45. The summed E-state index contributed by atoms with van der Waals surface area (Å²) in [5, 5.41) is 4.43. The Morgan fingerprint density at radius 2 is 2.04 bits per heavy atom. The second kappa shape index (κ2) is 7.29. The van der Waals surface area contributed by atoms with E-state index in [2.05, 4.69) is 5.32 Å². The maximum absolute atomic E-state index is 12.2. The Balaban J connectivity index is 2.06. The van der Waals surface area contributed by atoms with Gasteiger partial charge in [-0.05, 0) is 57.9 Å². The van der Waals surface area contributed by atoms with E-state index in [1.54, 1.807) is 4.90 Å². The summed E-state index contributed by atoms with van der Waals surface area (Å²) >= 11 is 12.1. The highest BCUT2D eigenvalue weighted by molar-refractivity contribution is 6.42. The Hall–Kier alpha value is -0.970. The Morgan fingerprint density at radius 3 is 2.61 bits per heavy atom. The highest BCUT2D eigenvalue weighted by atomic mass is 35.5. The van der Waals surface area contributed by atoms with Gasteiger partial charge in [-0.15, -0.1) is 0 Å². The van der Waals surface area contributed by atoms with Crippen LogP contribution in [0.15, 0.2) is 18.2 Å². The summed E-state index contributed by atoms with van der Waals surface area (Å²) in [5.41, 5.74) is 0.610. The zero-order valence-corrected chi connectivity index (χ0v) is 15.5. The van der Waals surface area contributed by atoms with Crippen LogP contribution in [0.25, 0.3) is 0 Å². The molecule has 1 aromatic rings. The molecule has 0 bridgehead atoms. The highest BCUT2D eigenvalue weighted by Crippen LogP contribution is 2.33. The topological polar surface area (TPSA) is 41.6 Å². The van der Waals surface area contributed by atoms with E-state index in [4.69, 9.17) is 27.9 Å². The Morgan fingerprint density at radius 1 is 1.35 bits per heavy atom. The molecule has 1 N–H and O–H groups in total. The fourth-order valence-corrected chi connectivity index (χ4v) is 3.24. The smallest absolute Gasteiger partial charge is 0.410 e. The van der Waals surface area contributed by atoms with E-state index in [0.717, 1.165) is 12.0 Å². The molecule has 1 saturated heterocycles. The van der Waals surface area contributed by atoms with Gasteiger partial charge in [0, 0.05) is 19.1 Å². The van der Waals surface area contributed by atoms with Crippen molar-refractivity contribution in [2.45, 2.75) is 38.8 Å². The molecule has 23 heavy (non-hydrogen) atoms. The largest absolute Gasteiger partial charge is 0.444 e. The van der Waals surface area contributed by atoms with E-state index in [1.807, 2.05) is 46.0 Å². The van der Waals surface area contributed by atoms with E-state index < -0.39 is 5.60 Å². The number of halogens is 2. The summed E-state index contributed by atoms with van der Waals surface area (Å²) in [6.45, 7) is 7.01. The molecule has 6 heteroatoms. The number of nitrogens with zero attached hydrogens (tertiary/aromatic N) is 1. The zero-order valence-electron chi connectivity index (χ0n) is 14.0. The fourth-order valence-electron chi connectivity index (χ4n) is 2.93. The van der Waals surface area contributed by atoms with E-state index in [1.165, 1.54) is 0 Å². The number of ether oxygens (including phenoxy) is 1. The normalized spacial score (nSPS) is 19.7. The van der Waals surface area contributed by atoms with Crippen molar-refractivity contribution in [3.8, 4) is 0 Å². The van der Waals surface area contributed by atoms with Crippen molar-refractivity contribution in [1.82, 2.24) is 10.2 Å².